The van der Waals surface area contributed by atoms with Gasteiger partial charge >= 0.3 is 0 Å². The third-order valence-corrected chi connectivity index (χ3v) is 23.2. The van der Waals surface area contributed by atoms with Gasteiger partial charge in [0.05, 0.1) is 23.5 Å². The molecule has 0 aliphatic carbocycles. The molecule has 0 radical (unpaired) electrons. The fourth-order valence-corrected chi connectivity index (χ4v) is 18.2. The van der Waals surface area contributed by atoms with E-state index in [4.69, 9.17) is 8.75 Å². The van der Waals surface area contributed by atoms with Crippen molar-refractivity contribution in [2.24, 2.45) is 11.8 Å². The summed E-state index contributed by atoms with van der Waals surface area (Å²) in [6.07, 6.45) is 52.1. The monoisotopic (exact) mass is 1220 g/mol. The lowest BCUT2D eigenvalue weighted by Crippen LogP contribution is -2.03. The maximum atomic E-state index is 4.85. The van der Waals surface area contributed by atoms with E-state index in [9.17, 15) is 0 Å². The van der Waals surface area contributed by atoms with Crippen molar-refractivity contribution in [1.82, 2.24) is 17.5 Å². The van der Waals surface area contributed by atoms with Crippen molar-refractivity contribution in [2.75, 3.05) is 0 Å². The van der Waals surface area contributed by atoms with Crippen molar-refractivity contribution in [3.05, 3.63) is 96.1 Å². The molecule has 4 aromatic heterocycles. The Bertz CT molecular complexity index is 3400. The minimum absolute atomic E-state index is 0.828. The van der Waals surface area contributed by atoms with Crippen LogP contribution in [0.4, 0.5) is 0 Å². The molecule has 0 spiro atoms. The molecule has 0 aliphatic rings. The average Bonchev–Trinajstić information content (AvgIpc) is 1.41. The molecule has 2 unspecified atom stereocenters. The molecule has 0 aliphatic heterocycles. The summed E-state index contributed by atoms with van der Waals surface area (Å²) < 4.78 is 22.0. The van der Waals surface area contributed by atoms with Gasteiger partial charge in [0.2, 0.25) is 0 Å². The highest BCUT2D eigenvalue weighted by molar-refractivity contribution is 7.23. The summed E-state index contributed by atoms with van der Waals surface area (Å²) in [6.45, 7) is 9.34. The molecule has 4 nitrogen and oxygen atoms in total. The highest BCUT2D eigenvalue weighted by Crippen LogP contribution is 2.47. The highest BCUT2D eigenvalue weighted by atomic mass is 32.1. The second kappa shape index (κ2) is 34.6. The average molecular weight is 1230 g/mol. The number of unbranched alkanes of at least 4 members (excludes halogenated alkanes) is 24. The van der Waals surface area contributed by atoms with Crippen LogP contribution in [-0.4, -0.2) is 17.5 Å². The number of hydrogen-bond acceptors (Lipinski definition) is 8. The van der Waals surface area contributed by atoms with E-state index >= 15 is 0 Å². The van der Waals surface area contributed by atoms with E-state index < -0.39 is 0 Å². The summed E-state index contributed by atoms with van der Waals surface area (Å²) in [7, 11) is 0. The van der Waals surface area contributed by atoms with Crippen LogP contribution in [0, 0.1) is 11.8 Å². The van der Waals surface area contributed by atoms with E-state index in [1.54, 1.807) is 0 Å². The molecule has 460 valence electrons. The van der Waals surface area contributed by atoms with Crippen molar-refractivity contribution in [1.29, 1.82) is 0 Å². The molecule has 6 aromatic carbocycles. The van der Waals surface area contributed by atoms with E-state index in [1.165, 1.54) is 339 Å². The van der Waals surface area contributed by atoms with E-state index in [0.717, 1.165) is 46.7 Å². The molecule has 2 atom stereocenters. The minimum atomic E-state index is 0.828. The molecule has 10 rings (SSSR count). The fourth-order valence-electron chi connectivity index (χ4n) is 14.6. The van der Waals surface area contributed by atoms with Crippen molar-refractivity contribution in [3.63, 3.8) is 0 Å². The van der Waals surface area contributed by atoms with Crippen LogP contribution < -0.4 is 0 Å². The second-order valence-corrected chi connectivity index (χ2v) is 29.4. The van der Waals surface area contributed by atoms with Gasteiger partial charge in [0.15, 0.2) is 0 Å². The normalized spacial score (nSPS) is 12.9. The van der Waals surface area contributed by atoms with Gasteiger partial charge in [0, 0.05) is 41.1 Å². The molecule has 86 heavy (non-hydrogen) atoms. The van der Waals surface area contributed by atoms with Gasteiger partial charge in [-0.3, -0.25) is 0 Å². The van der Waals surface area contributed by atoms with Crippen molar-refractivity contribution in [3.8, 4) is 20.9 Å². The smallest absolute Gasteiger partial charge is 0.113 e. The topological polar surface area (TPSA) is 51.6 Å². The molecule has 10 aromatic rings. The molecule has 0 fully saturated rings. The van der Waals surface area contributed by atoms with Crippen LogP contribution in [0.15, 0.2) is 84.9 Å². The Kier molecular flexibility index (Phi) is 26.0. The van der Waals surface area contributed by atoms with Crippen LogP contribution >= 0.6 is 46.1 Å². The van der Waals surface area contributed by atoms with Gasteiger partial charge in [0.1, 0.15) is 22.1 Å². The predicted molar refractivity (Wildman–Crippen MR) is 386 cm³/mol. The summed E-state index contributed by atoms with van der Waals surface area (Å²) in [4.78, 5) is 2.61. The molecule has 0 N–H and O–H groups in total. The van der Waals surface area contributed by atoms with Crippen molar-refractivity contribution in [2.45, 2.75) is 272 Å². The maximum absolute atomic E-state index is 4.85. The number of aryl methyl sites for hydroxylation is 2. The zero-order chi connectivity index (χ0) is 59.1. The number of aromatic nitrogens is 4. The van der Waals surface area contributed by atoms with Gasteiger partial charge in [-0.1, -0.05) is 295 Å². The highest BCUT2D eigenvalue weighted by Gasteiger charge is 2.21. The standard InChI is InChI=1S/C78H104N4S4/c1-5-9-13-17-21-23-27-31-39-57(37-29-25-19-15-11-7-3)41-33-43-59-53-67-61-49-52-64-68(62(61)50-51-63(67)69-55-73(83-77(59)69)65-45-35-47-71-75(65)81-85-79-71)54-60(78-70(64)56-74(84-78)66-46-36-48-72-76(66)82-86-80-72)44-34-42-58(38-30-26-20-16-12-8-4)40-32-28-24-22-18-14-10-6-2/h35-36,45-58H,5-34,37-44H2,1-4H3. The lowest BCUT2D eigenvalue weighted by Gasteiger charge is -2.18. The predicted octanol–water partition coefficient (Wildman–Crippen LogP) is 27.4. The number of rotatable bonds is 42. The summed E-state index contributed by atoms with van der Waals surface area (Å²) >= 11 is 6.64. The van der Waals surface area contributed by atoms with Crippen LogP contribution in [0.25, 0.3) is 95.4 Å². The Morgan fingerprint density at radius 2 is 0.616 bits per heavy atom. The third-order valence-electron chi connectivity index (χ3n) is 19.6. The van der Waals surface area contributed by atoms with E-state index in [1.807, 2.05) is 22.7 Å². The Balaban J connectivity index is 0.982. The van der Waals surface area contributed by atoms with Crippen molar-refractivity contribution >= 4 is 121 Å². The number of fused-ring (bicyclic) bond motifs is 11. The Morgan fingerprint density at radius 3 is 0.965 bits per heavy atom. The van der Waals surface area contributed by atoms with Gasteiger partial charge in [-0.25, -0.2) is 0 Å². The van der Waals surface area contributed by atoms with Gasteiger partial charge in [-0.15, -0.1) is 22.7 Å². The van der Waals surface area contributed by atoms with Crippen LogP contribution in [0.5, 0.6) is 0 Å². The Labute approximate surface area is 534 Å². The van der Waals surface area contributed by atoms with E-state index in [2.05, 4.69) is 121 Å². The van der Waals surface area contributed by atoms with Crippen LogP contribution in [0.3, 0.4) is 0 Å². The number of thiophene rings is 2. The fraction of sp³-hybridized carbons (Fsp3) is 0.564. The summed E-state index contributed by atoms with van der Waals surface area (Å²) in [6, 6.07) is 33.4. The molecular formula is C78H104N4S4. The molecule has 0 bridgehead atoms. The quantitative estimate of drug-likeness (QED) is 0.0283. The minimum Gasteiger partial charge on any atom is -0.173 e. The molecule has 4 heterocycles. The van der Waals surface area contributed by atoms with Gasteiger partial charge in [0.25, 0.3) is 0 Å². The SMILES string of the molecule is CCCCCCCCCCC(CCCCCCCC)CCCc1cc2c(ccc3c4cc(CCCC(CCCCCCCC)CCCCCCCCCC)c5sc(-c6cccc7nsnc67)cc5c4ccc23)c2cc(-c3cccc4nsnc34)sc12. The van der Waals surface area contributed by atoms with Gasteiger partial charge in [-0.05, 0) is 117 Å². The molecular weight excluding hydrogens is 1120 g/mol. The summed E-state index contributed by atoms with van der Waals surface area (Å²) in [5.41, 5.74) is 9.52. The molecule has 0 saturated heterocycles. The van der Waals surface area contributed by atoms with Crippen LogP contribution in [0.1, 0.15) is 270 Å². The van der Waals surface area contributed by atoms with Crippen LogP contribution in [0.2, 0.25) is 0 Å². The summed E-state index contributed by atoms with van der Waals surface area (Å²) in [5.74, 6) is 1.66. The Hall–Kier alpha value is -4.34. The Morgan fingerprint density at radius 1 is 0.302 bits per heavy atom. The number of hydrogen-bond donors (Lipinski definition) is 0. The first-order valence-electron chi connectivity index (χ1n) is 35.3. The summed E-state index contributed by atoms with van der Waals surface area (Å²) in [5, 5.41) is 11.1. The van der Waals surface area contributed by atoms with Gasteiger partial charge < -0.3 is 0 Å². The first-order valence-corrected chi connectivity index (χ1v) is 38.4. The van der Waals surface area contributed by atoms with E-state index in [0.29, 0.717) is 0 Å². The van der Waals surface area contributed by atoms with E-state index in [-0.39, 0.29) is 0 Å². The lowest BCUT2D eigenvalue weighted by molar-refractivity contribution is 0.372. The molecule has 0 amide bonds. The number of nitrogens with zero attached hydrogens (tertiary/aromatic N) is 4. The van der Waals surface area contributed by atoms with Crippen molar-refractivity contribution < 1.29 is 0 Å². The zero-order valence-electron chi connectivity index (χ0n) is 53.5. The third kappa shape index (κ3) is 17.1. The zero-order valence-corrected chi connectivity index (χ0v) is 56.8. The molecule has 0 saturated carbocycles. The van der Waals surface area contributed by atoms with Gasteiger partial charge in [-0.2, -0.15) is 17.5 Å². The first-order chi connectivity index (χ1) is 42.6. The second-order valence-electron chi connectivity index (χ2n) is 26.2. The first kappa shape index (κ1) is 64.6. The number of benzene rings is 6. The van der Waals surface area contributed by atoms with Crippen LogP contribution in [-0.2, 0) is 12.8 Å². The lowest BCUT2D eigenvalue weighted by atomic mass is 9.88. The maximum Gasteiger partial charge on any atom is 0.113 e. The largest absolute Gasteiger partial charge is 0.173 e. The molecule has 8 heteroatoms.